The molecule has 1 atom stereocenters. The summed E-state index contributed by atoms with van der Waals surface area (Å²) in [5, 5.41) is 12.7. The van der Waals surface area contributed by atoms with Crippen LogP contribution in [-0.2, 0) is 4.79 Å². The second-order valence-corrected chi connectivity index (χ2v) is 5.22. The third-order valence-electron chi connectivity index (χ3n) is 3.65. The average molecular weight is 241 g/mol. The summed E-state index contributed by atoms with van der Waals surface area (Å²) in [6, 6.07) is 0. The van der Waals surface area contributed by atoms with Crippen LogP contribution < -0.4 is 5.32 Å². The van der Waals surface area contributed by atoms with Gasteiger partial charge in [0.05, 0.1) is 12.6 Å². The van der Waals surface area contributed by atoms with Crippen molar-refractivity contribution in [3.05, 3.63) is 0 Å². The number of nitrogens with one attached hydrogen (secondary N) is 1. The van der Waals surface area contributed by atoms with Crippen LogP contribution in [0.3, 0.4) is 0 Å². The molecule has 5 nitrogen and oxygen atoms in total. The highest BCUT2D eigenvalue weighted by molar-refractivity contribution is 5.78. The number of aliphatic hydroxyl groups is 1. The van der Waals surface area contributed by atoms with Crippen LogP contribution in [0, 0.1) is 5.92 Å². The molecule has 2 N–H and O–H groups in total. The van der Waals surface area contributed by atoms with Crippen molar-refractivity contribution >= 4 is 5.91 Å². The lowest BCUT2D eigenvalue weighted by Gasteiger charge is -2.32. The molecule has 1 aliphatic heterocycles. The number of hydrogen-bond donors (Lipinski definition) is 2. The number of amides is 1. The number of rotatable bonds is 5. The Morgan fingerprint density at radius 3 is 2.59 bits per heavy atom. The Hall–Kier alpha value is -0.650. The van der Waals surface area contributed by atoms with Crippen molar-refractivity contribution in [1.82, 2.24) is 15.1 Å². The Bertz CT molecular complexity index is 260. The van der Waals surface area contributed by atoms with E-state index in [4.69, 9.17) is 0 Å². The van der Waals surface area contributed by atoms with Gasteiger partial charge in [0.15, 0.2) is 0 Å². The van der Waals surface area contributed by atoms with Crippen molar-refractivity contribution in [2.45, 2.75) is 18.9 Å². The zero-order valence-corrected chi connectivity index (χ0v) is 10.6. The Labute approximate surface area is 103 Å². The van der Waals surface area contributed by atoms with E-state index in [1.54, 1.807) is 0 Å². The summed E-state index contributed by atoms with van der Waals surface area (Å²) in [6.07, 6.45) is 2.00. The van der Waals surface area contributed by atoms with Gasteiger partial charge in [0.25, 0.3) is 0 Å². The fourth-order valence-electron chi connectivity index (χ4n) is 2.14. The third-order valence-corrected chi connectivity index (χ3v) is 3.65. The van der Waals surface area contributed by atoms with Crippen LogP contribution in [0.2, 0.25) is 0 Å². The maximum absolute atomic E-state index is 11.8. The molecule has 98 valence electrons. The predicted molar refractivity (Wildman–Crippen MR) is 65.7 cm³/mol. The van der Waals surface area contributed by atoms with E-state index in [2.05, 4.69) is 17.3 Å². The van der Waals surface area contributed by atoms with E-state index in [0.29, 0.717) is 19.0 Å². The summed E-state index contributed by atoms with van der Waals surface area (Å²) in [6.45, 7) is 4.45. The SMILES string of the molecule is CN1CCN(C(=O)CNCC(O)C2CC2)CC1. The molecule has 0 aromatic carbocycles. The van der Waals surface area contributed by atoms with Gasteiger partial charge in [-0.05, 0) is 25.8 Å². The van der Waals surface area contributed by atoms with Crippen LogP contribution in [0.5, 0.6) is 0 Å². The summed E-state index contributed by atoms with van der Waals surface area (Å²) in [4.78, 5) is 16.0. The molecule has 2 rings (SSSR count). The van der Waals surface area contributed by atoms with Crippen LogP contribution in [0.4, 0.5) is 0 Å². The van der Waals surface area contributed by atoms with E-state index in [0.717, 1.165) is 39.0 Å². The Kier molecular flexibility index (Phi) is 4.36. The highest BCUT2D eigenvalue weighted by atomic mass is 16.3. The summed E-state index contributed by atoms with van der Waals surface area (Å²) >= 11 is 0. The minimum absolute atomic E-state index is 0.154. The van der Waals surface area contributed by atoms with Gasteiger partial charge in [-0.25, -0.2) is 0 Å². The largest absolute Gasteiger partial charge is 0.392 e. The smallest absolute Gasteiger partial charge is 0.236 e. The lowest BCUT2D eigenvalue weighted by Crippen LogP contribution is -2.50. The van der Waals surface area contributed by atoms with Crippen LogP contribution in [0.1, 0.15) is 12.8 Å². The molecule has 1 saturated heterocycles. The van der Waals surface area contributed by atoms with Crippen LogP contribution in [0.25, 0.3) is 0 Å². The number of carbonyl (C=O) groups is 1. The summed E-state index contributed by atoms with van der Waals surface area (Å²) in [7, 11) is 2.08. The molecule has 0 aromatic heterocycles. The standard InChI is InChI=1S/C12H23N3O2/c1-14-4-6-15(7-5-14)12(17)9-13-8-11(16)10-2-3-10/h10-11,13,16H,2-9H2,1H3. The molecule has 1 aliphatic carbocycles. The molecule has 2 aliphatic rings. The van der Waals surface area contributed by atoms with Gasteiger partial charge in [-0.2, -0.15) is 0 Å². The van der Waals surface area contributed by atoms with E-state index in [1.807, 2.05) is 4.90 Å². The normalized spacial score (nSPS) is 23.8. The van der Waals surface area contributed by atoms with E-state index in [1.165, 1.54) is 0 Å². The minimum Gasteiger partial charge on any atom is -0.392 e. The van der Waals surface area contributed by atoms with E-state index >= 15 is 0 Å². The quantitative estimate of drug-likeness (QED) is 0.656. The molecule has 1 saturated carbocycles. The average Bonchev–Trinajstić information content (AvgIpc) is 3.13. The van der Waals surface area contributed by atoms with Crippen molar-refractivity contribution in [2.75, 3.05) is 46.3 Å². The first-order chi connectivity index (χ1) is 8.16. The van der Waals surface area contributed by atoms with Crippen molar-refractivity contribution in [2.24, 2.45) is 5.92 Å². The highest BCUT2D eigenvalue weighted by Gasteiger charge is 2.29. The molecule has 0 spiro atoms. The van der Waals surface area contributed by atoms with Gasteiger partial charge in [-0.15, -0.1) is 0 Å². The molecule has 0 aromatic rings. The summed E-state index contributed by atoms with van der Waals surface area (Å²) in [5.41, 5.74) is 0. The van der Waals surface area contributed by atoms with Crippen LogP contribution in [-0.4, -0.2) is 73.2 Å². The van der Waals surface area contributed by atoms with Gasteiger partial charge in [-0.1, -0.05) is 0 Å². The molecule has 17 heavy (non-hydrogen) atoms. The van der Waals surface area contributed by atoms with Crippen molar-refractivity contribution in [1.29, 1.82) is 0 Å². The van der Waals surface area contributed by atoms with E-state index in [-0.39, 0.29) is 12.0 Å². The molecular weight excluding hydrogens is 218 g/mol. The van der Waals surface area contributed by atoms with Crippen molar-refractivity contribution < 1.29 is 9.90 Å². The van der Waals surface area contributed by atoms with E-state index in [9.17, 15) is 9.90 Å². The number of hydrogen-bond acceptors (Lipinski definition) is 4. The molecule has 1 unspecified atom stereocenters. The zero-order valence-electron chi connectivity index (χ0n) is 10.6. The first-order valence-electron chi connectivity index (χ1n) is 6.52. The lowest BCUT2D eigenvalue weighted by molar-refractivity contribution is -0.131. The fourth-order valence-corrected chi connectivity index (χ4v) is 2.14. The maximum atomic E-state index is 11.8. The molecule has 5 heteroatoms. The van der Waals surface area contributed by atoms with Crippen LogP contribution >= 0.6 is 0 Å². The first kappa shape index (κ1) is 12.8. The number of nitrogens with zero attached hydrogens (tertiary/aromatic N) is 2. The predicted octanol–water partition coefficient (Wildman–Crippen LogP) is -0.879. The fraction of sp³-hybridized carbons (Fsp3) is 0.917. The molecule has 1 heterocycles. The van der Waals surface area contributed by atoms with Gasteiger partial charge < -0.3 is 20.2 Å². The second kappa shape index (κ2) is 5.80. The molecule has 0 radical (unpaired) electrons. The van der Waals surface area contributed by atoms with Gasteiger partial charge in [-0.3, -0.25) is 4.79 Å². The number of likely N-dealkylation sites (N-methyl/N-ethyl adjacent to an activating group) is 1. The molecule has 1 amide bonds. The Morgan fingerprint density at radius 2 is 2.00 bits per heavy atom. The van der Waals surface area contributed by atoms with Gasteiger partial charge >= 0.3 is 0 Å². The van der Waals surface area contributed by atoms with Gasteiger partial charge in [0, 0.05) is 32.7 Å². The monoisotopic (exact) mass is 241 g/mol. The topological polar surface area (TPSA) is 55.8 Å². The molecular formula is C12H23N3O2. The zero-order chi connectivity index (χ0) is 12.3. The van der Waals surface area contributed by atoms with Gasteiger partial charge in [0.1, 0.15) is 0 Å². The summed E-state index contributed by atoms with van der Waals surface area (Å²) < 4.78 is 0. The van der Waals surface area contributed by atoms with E-state index < -0.39 is 0 Å². The molecule has 2 fully saturated rings. The maximum Gasteiger partial charge on any atom is 0.236 e. The highest BCUT2D eigenvalue weighted by Crippen LogP contribution is 2.32. The number of carbonyl (C=O) groups excluding carboxylic acids is 1. The van der Waals surface area contributed by atoms with Crippen molar-refractivity contribution in [3.63, 3.8) is 0 Å². The summed E-state index contributed by atoms with van der Waals surface area (Å²) in [5.74, 6) is 0.627. The minimum atomic E-state index is -0.268. The Morgan fingerprint density at radius 1 is 1.35 bits per heavy atom. The number of piperazine rings is 1. The van der Waals surface area contributed by atoms with Crippen molar-refractivity contribution in [3.8, 4) is 0 Å². The number of aliphatic hydroxyl groups excluding tert-OH is 1. The first-order valence-corrected chi connectivity index (χ1v) is 6.52. The Balaban J connectivity index is 1.59. The second-order valence-electron chi connectivity index (χ2n) is 5.22. The van der Waals surface area contributed by atoms with Crippen LogP contribution in [0.15, 0.2) is 0 Å². The van der Waals surface area contributed by atoms with Gasteiger partial charge in [0.2, 0.25) is 5.91 Å². The lowest BCUT2D eigenvalue weighted by atomic mass is 10.2. The third kappa shape index (κ3) is 3.94. The molecule has 0 bridgehead atoms.